The number of hydrogen-bond donors (Lipinski definition) is 0. The fourth-order valence-electron chi connectivity index (χ4n) is 1.25. The Morgan fingerprint density at radius 2 is 2.29 bits per heavy atom. The van der Waals surface area contributed by atoms with Gasteiger partial charge in [0.2, 0.25) is 0 Å². The van der Waals surface area contributed by atoms with E-state index in [4.69, 9.17) is 10.00 Å². The van der Waals surface area contributed by atoms with Crippen molar-refractivity contribution in [1.29, 1.82) is 5.26 Å². The molecule has 6 heteroatoms. The van der Waals surface area contributed by atoms with Gasteiger partial charge in [-0.3, -0.25) is 0 Å². The summed E-state index contributed by atoms with van der Waals surface area (Å²) in [4.78, 5) is 0. The van der Waals surface area contributed by atoms with Crippen molar-refractivity contribution >= 4 is 22.3 Å². The van der Waals surface area contributed by atoms with Crippen LogP contribution >= 0.6 is 0 Å². The first kappa shape index (κ1) is 13.1. The molecule has 0 spiro atoms. The van der Waals surface area contributed by atoms with Crippen molar-refractivity contribution in [1.82, 2.24) is 0 Å². The topological polar surface area (TPSA) is 79.5 Å². The third-order valence-electron chi connectivity index (χ3n) is 1.92. The fourth-order valence-corrected chi connectivity index (χ4v) is 1.56. The third kappa shape index (κ3) is 3.83. The van der Waals surface area contributed by atoms with E-state index < -0.39 is 10.5 Å². The highest BCUT2D eigenvalue weighted by Gasteiger charge is 2.05. The molecular weight excluding hydrogens is 240 g/mol. The van der Waals surface area contributed by atoms with Crippen LogP contribution in [-0.2, 0) is 15.2 Å². The molecule has 0 aromatic heterocycles. The van der Waals surface area contributed by atoms with Crippen LogP contribution in [0.5, 0.6) is 0 Å². The average molecular weight is 250 g/mol. The summed E-state index contributed by atoms with van der Waals surface area (Å²) in [5.74, 6) is 0. The summed E-state index contributed by atoms with van der Waals surface area (Å²) in [7, 11) is -1.01. The molecule has 88 valence electrons. The molecule has 0 saturated heterocycles. The van der Waals surface area contributed by atoms with Crippen LogP contribution in [0.15, 0.2) is 28.6 Å². The molecule has 0 radical (unpaired) electrons. The van der Waals surface area contributed by atoms with Crippen LogP contribution in [0.4, 0.5) is 5.69 Å². The van der Waals surface area contributed by atoms with Gasteiger partial charge in [-0.2, -0.15) is 13.7 Å². The molecule has 0 amide bonds. The van der Waals surface area contributed by atoms with Gasteiger partial charge in [-0.15, -0.1) is 4.36 Å². The number of ether oxygens (including phenoxy) is 1. The number of nitrogens with zero attached hydrogens (tertiary/aromatic N) is 2. The molecular formula is C11H10N2O3S. The van der Waals surface area contributed by atoms with Crippen LogP contribution in [0, 0.1) is 11.3 Å². The molecule has 0 aliphatic carbocycles. The lowest BCUT2D eigenvalue weighted by molar-refractivity contribution is 0.234. The van der Waals surface area contributed by atoms with E-state index in [0.717, 1.165) is 0 Å². The maximum Gasteiger partial charge on any atom is 0.316 e. The summed E-state index contributed by atoms with van der Waals surface area (Å²) < 4.78 is 29.2. The van der Waals surface area contributed by atoms with Crippen LogP contribution in [-0.4, -0.2) is 22.1 Å². The summed E-state index contributed by atoms with van der Waals surface area (Å²) in [6, 6.07) is 6.76. The van der Waals surface area contributed by atoms with E-state index in [1.165, 1.54) is 6.07 Å². The van der Waals surface area contributed by atoms with Gasteiger partial charge in [0.15, 0.2) is 0 Å². The highest BCUT2D eigenvalue weighted by Crippen LogP contribution is 2.22. The van der Waals surface area contributed by atoms with Crippen LogP contribution in [0.2, 0.25) is 0 Å². The van der Waals surface area contributed by atoms with Gasteiger partial charge in [0.05, 0.1) is 17.9 Å². The van der Waals surface area contributed by atoms with Gasteiger partial charge in [0, 0.05) is 7.11 Å². The number of benzene rings is 1. The molecule has 0 saturated carbocycles. The Labute approximate surface area is 101 Å². The summed E-state index contributed by atoms with van der Waals surface area (Å²) in [6.07, 6.45) is 3.42. The molecule has 0 N–H and O–H groups in total. The molecule has 0 bridgehead atoms. The number of nitriles is 1. The van der Waals surface area contributed by atoms with Crippen LogP contribution in [0.25, 0.3) is 6.08 Å². The first-order valence-electron chi connectivity index (χ1n) is 4.68. The zero-order valence-electron chi connectivity index (χ0n) is 9.12. The second kappa shape index (κ2) is 6.58. The maximum atomic E-state index is 10.5. The molecule has 5 nitrogen and oxygen atoms in total. The lowest BCUT2D eigenvalue weighted by atomic mass is 10.1. The molecule has 0 heterocycles. The van der Waals surface area contributed by atoms with Crippen molar-refractivity contribution in [2.24, 2.45) is 4.36 Å². The van der Waals surface area contributed by atoms with E-state index in [9.17, 15) is 8.42 Å². The second-order valence-electron chi connectivity index (χ2n) is 3.02. The molecule has 17 heavy (non-hydrogen) atoms. The number of hydrogen-bond acceptors (Lipinski definition) is 5. The molecule has 1 aromatic rings. The standard InChI is InChI=1S/C11H10N2O3S/c1-16-7-3-5-9-4-2-6-11(10(9)8-12)13-17(14)15/h2-6H,7H2,1H3. The Hall–Kier alpha value is -1.97. The molecule has 1 aromatic carbocycles. The zero-order valence-corrected chi connectivity index (χ0v) is 9.94. The predicted octanol–water partition coefficient (Wildman–Crippen LogP) is 1.91. The Balaban J connectivity index is 3.25. The van der Waals surface area contributed by atoms with Crippen LogP contribution in [0.3, 0.4) is 0 Å². The molecule has 0 fully saturated rings. The predicted molar refractivity (Wildman–Crippen MR) is 63.1 cm³/mol. The summed E-state index contributed by atoms with van der Waals surface area (Å²) >= 11 is 0. The molecule has 0 atom stereocenters. The molecule has 1 rings (SSSR count). The van der Waals surface area contributed by atoms with Crippen LogP contribution in [0.1, 0.15) is 11.1 Å². The number of methoxy groups -OCH3 is 1. The third-order valence-corrected chi connectivity index (χ3v) is 2.27. The van der Waals surface area contributed by atoms with Gasteiger partial charge < -0.3 is 4.74 Å². The van der Waals surface area contributed by atoms with E-state index in [1.54, 1.807) is 31.4 Å². The fraction of sp³-hybridized carbons (Fsp3) is 0.182. The number of rotatable bonds is 4. The van der Waals surface area contributed by atoms with Gasteiger partial charge in [-0.05, 0) is 11.6 Å². The lowest BCUT2D eigenvalue weighted by Crippen LogP contribution is -1.85. The van der Waals surface area contributed by atoms with E-state index >= 15 is 0 Å². The molecule has 0 aliphatic rings. The maximum absolute atomic E-state index is 10.5. The largest absolute Gasteiger partial charge is 0.381 e. The smallest absolute Gasteiger partial charge is 0.316 e. The first-order valence-corrected chi connectivity index (χ1v) is 5.72. The second-order valence-corrected chi connectivity index (χ2v) is 3.64. The highest BCUT2D eigenvalue weighted by molar-refractivity contribution is 7.61. The Morgan fingerprint density at radius 3 is 2.88 bits per heavy atom. The lowest BCUT2D eigenvalue weighted by Gasteiger charge is -1.99. The van der Waals surface area contributed by atoms with Crippen molar-refractivity contribution in [3.8, 4) is 6.07 Å². The van der Waals surface area contributed by atoms with Crippen molar-refractivity contribution in [3.63, 3.8) is 0 Å². The van der Waals surface area contributed by atoms with E-state index in [-0.39, 0.29) is 11.3 Å². The zero-order chi connectivity index (χ0) is 12.7. The van der Waals surface area contributed by atoms with Gasteiger partial charge in [-0.1, -0.05) is 24.3 Å². The molecule has 0 unspecified atom stereocenters. The summed E-state index contributed by atoms with van der Waals surface area (Å²) in [6.45, 7) is 0.416. The Morgan fingerprint density at radius 1 is 1.53 bits per heavy atom. The minimum Gasteiger partial charge on any atom is -0.381 e. The van der Waals surface area contributed by atoms with Gasteiger partial charge in [0.1, 0.15) is 6.07 Å². The quantitative estimate of drug-likeness (QED) is 0.817. The van der Waals surface area contributed by atoms with E-state index in [1.807, 2.05) is 6.07 Å². The van der Waals surface area contributed by atoms with E-state index in [0.29, 0.717) is 12.2 Å². The van der Waals surface area contributed by atoms with Crippen molar-refractivity contribution < 1.29 is 13.2 Å². The van der Waals surface area contributed by atoms with Gasteiger partial charge >= 0.3 is 10.5 Å². The minimum atomic E-state index is -2.57. The summed E-state index contributed by atoms with van der Waals surface area (Å²) in [5.41, 5.74) is 0.973. The van der Waals surface area contributed by atoms with Crippen LogP contribution < -0.4 is 0 Å². The minimum absolute atomic E-state index is 0.139. The Bertz CT molecular complexity index is 590. The first-order chi connectivity index (χ1) is 8.19. The molecule has 0 aliphatic heterocycles. The highest BCUT2D eigenvalue weighted by atomic mass is 32.2. The van der Waals surface area contributed by atoms with Crippen molar-refractivity contribution in [3.05, 3.63) is 35.4 Å². The Kier molecular flexibility index (Phi) is 5.07. The summed E-state index contributed by atoms with van der Waals surface area (Å²) in [5, 5.41) is 8.99. The van der Waals surface area contributed by atoms with Crippen molar-refractivity contribution in [2.45, 2.75) is 0 Å². The SMILES string of the molecule is COCC=Cc1cccc(N=S(=O)=O)c1C#N. The average Bonchev–Trinajstić information content (AvgIpc) is 2.29. The normalized spacial score (nSPS) is 10.1. The van der Waals surface area contributed by atoms with E-state index in [2.05, 4.69) is 4.36 Å². The van der Waals surface area contributed by atoms with Gasteiger partial charge in [0.25, 0.3) is 0 Å². The van der Waals surface area contributed by atoms with Gasteiger partial charge in [-0.25, -0.2) is 0 Å². The van der Waals surface area contributed by atoms with Crippen molar-refractivity contribution in [2.75, 3.05) is 13.7 Å². The monoisotopic (exact) mass is 250 g/mol.